The third-order valence-electron chi connectivity index (χ3n) is 5.50. The molecule has 146 valence electrons. The van der Waals surface area contributed by atoms with Gasteiger partial charge < -0.3 is 15.3 Å². The van der Waals surface area contributed by atoms with E-state index in [2.05, 4.69) is 5.32 Å². The number of carbonyl (C=O) groups excluding carboxylic acids is 2. The molecule has 1 aliphatic heterocycles. The highest BCUT2D eigenvalue weighted by Gasteiger charge is 2.31. The number of hydrogen-bond donors (Lipinski definition) is 2. The van der Waals surface area contributed by atoms with Gasteiger partial charge in [-0.3, -0.25) is 14.4 Å². The molecule has 0 radical (unpaired) electrons. The summed E-state index contributed by atoms with van der Waals surface area (Å²) in [7, 11) is 0. The molecular formula is C20H25ClN2O4. The highest BCUT2D eigenvalue weighted by atomic mass is 35.5. The van der Waals surface area contributed by atoms with Crippen molar-refractivity contribution in [2.24, 2.45) is 11.8 Å². The van der Waals surface area contributed by atoms with Crippen LogP contribution in [0.15, 0.2) is 18.2 Å². The predicted molar refractivity (Wildman–Crippen MR) is 103 cm³/mol. The SMILES string of the molecule is O=C(O)C1CCCC(C(=O)Nc2ccc(C(=O)N3CCCCC3)c(Cl)c2)C1. The molecular weight excluding hydrogens is 368 g/mol. The molecule has 2 N–H and O–H groups in total. The first-order valence-corrected chi connectivity index (χ1v) is 9.96. The summed E-state index contributed by atoms with van der Waals surface area (Å²) in [5.74, 6) is -1.87. The number of piperidine rings is 1. The Labute approximate surface area is 163 Å². The second kappa shape index (κ2) is 8.74. The van der Waals surface area contributed by atoms with Gasteiger partial charge in [-0.05, 0) is 56.7 Å². The first-order chi connectivity index (χ1) is 13.0. The Hall–Kier alpha value is -2.08. The molecule has 1 aliphatic carbocycles. The predicted octanol–water partition coefficient (Wildman–Crippen LogP) is 3.80. The van der Waals surface area contributed by atoms with Crippen LogP contribution in [0.1, 0.15) is 55.3 Å². The van der Waals surface area contributed by atoms with Crippen LogP contribution < -0.4 is 5.32 Å². The Morgan fingerprint density at radius 1 is 1.04 bits per heavy atom. The van der Waals surface area contributed by atoms with Gasteiger partial charge in [0, 0.05) is 24.7 Å². The van der Waals surface area contributed by atoms with Crippen LogP contribution in [0.2, 0.25) is 5.02 Å². The Morgan fingerprint density at radius 2 is 1.74 bits per heavy atom. The van der Waals surface area contributed by atoms with E-state index in [1.54, 1.807) is 18.2 Å². The number of carbonyl (C=O) groups is 3. The minimum atomic E-state index is -0.837. The molecule has 1 aromatic carbocycles. The number of anilines is 1. The number of nitrogens with zero attached hydrogens (tertiary/aromatic N) is 1. The Morgan fingerprint density at radius 3 is 2.41 bits per heavy atom. The standard InChI is InChI=1S/C20H25ClN2O4/c21-17-12-15(7-8-16(17)19(25)23-9-2-1-3-10-23)22-18(24)13-5-4-6-14(11-13)20(26)27/h7-8,12-14H,1-6,9-11H2,(H,22,24)(H,26,27). The van der Waals surface area contributed by atoms with E-state index in [4.69, 9.17) is 16.7 Å². The molecule has 0 aromatic heterocycles. The lowest BCUT2D eigenvalue weighted by Gasteiger charge is -2.27. The highest BCUT2D eigenvalue weighted by Crippen LogP contribution is 2.31. The van der Waals surface area contributed by atoms with Crippen LogP contribution in [0.3, 0.4) is 0 Å². The average molecular weight is 393 g/mol. The average Bonchev–Trinajstić information content (AvgIpc) is 2.68. The first kappa shape index (κ1) is 19.7. The first-order valence-electron chi connectivity index (χ1n) is 9.58. The third kappa shape index (κ3) is 4.80. The summed E-state index contributed by atoms with van der Waals surface area (Å²) in [6.45, 7) is 1.50. The number of likely N-dealkylation sites (tertiary alicyclic amines) is 1. The quantitative estimate of drug-likeness (QED) is 0.815. The molecule has 2 fully saturated rings. The van der Waals surface area contributed by atoms with Gasteiger partial charge in [0.25, 0.3) is 5.91 Å². The Kier molecular flexibility index (Phi) is 6.37. The van der Waals surface area contributed by atoms with Gasteiger partial charge in [-0.25, -0.2) is 0 Å². The van der Waals surface area contributed by atoms with Crippen molar-refractivity contribution < 1.29 is 19.5 Å². The van der Waals surface area contributed by atoms with E-state index in [0.717, 1.165) is 38.8 Å². The van der Waals surface area contributed by atoms with Gasteiger partial charge in [-0.1, -0.05) is 18.0 Å². The van der Waals surface area contributed by atoms with Crippen LogP contribution in [-0.2, 0) is 9.59 Å². The molecule has 0 bridgehead atoms. The molecule has 2 atom stereocenters. The summed E-state index contributed by atoms with van der Waals surface area (Å²) >= 11 is 6.30. The second-order valence-electron chi connectivity index (χ2n) is 7.44. The van der Waals surface area contributed by atoms with Crippen molar-refractivity contribution in [2.45, 2.75) is 44.9 Å². The summed E-state index contributed by atoms with van der Waals surface area (Å²) < 4.78 is 0. The minimum absolute atomic E-state index is 0.0749. The van der Waals surface area contributed by atoms with Gasteiger partial charge >= 0.3 is 5.97 Å². The Balaban J connectivity index is 1.64. The van der Waals surface area contributed by atoms with Crippen molar-refractivity contribution in [3.8, 4) is 0 Å². The van der Waals surface area contributed by atoms with Gasteiger partial charge in [0.05, 0.1) is 16.5 Å². The molecule has 1 heterocycles. The van der Waals surface area contributed by atoms with Gasteiger partial charge in [0.2, 0.25) is 5.91 Å². The van der Waals surface area contributed by atoms with Crippen LogP contribution in [0.4, 0.5) is 5.69 Å². The summed E-state index contributed by atoms with van der Waals surface area (Å²) in [6, 6.07) is 4.92. The summed E-state index contributed by atoms with van der Waals surface area (Å²) in [5, 5.41) is 12.3. The zero-order valence-electron chi connectivity index (χ0n) is 15.2. The molecule has 6 nitrogen and oxygen atoms in total. The van der Waals surface area contributed by atoms with Gasteiger partial charge in [-0.15, -0.1) is 0 Å². The Bertz CT molecular complexity index is 731. The largest absolute Gasteiger partial charge is 0.481 e. The second-order valence-corrected chi connectivity index (χ2v) is 7.84. The summed E-state index contributed by atoms with van der Waals surface area (Å²) in [4.78, 5) is 38.1. The lowest BCUT2D eigenvalue weighted by Crippen LogP contribution is -2.35. The van der Waals surface area contributed by atoms with E-state index in [9.17, 15) is 14.4 Å². The number of carboxylic acid groups (broad SMARTS) is 1. The topological polar surface area (TPSA) is 86.7 Å². The molecule has 3 rings (SSSR count). The van der Waals surface area contributed by atoms with Gasteiger partial charge in [0.15, 0.2) is 0 Å². The number of halogens is 1. The van der Waals surface area contributed by atoms with Crippen molar-refractivity contribution in [1.29, 1.82) is 0 Å². The molecule has 1 saturated heterocycles. The molecule has 0 spiro atoms. The number of hydrogen-bond acceptors (Lipinski definition) is 3. The minimum Gasteiger partial charge on any atom is -0.481 e. The maximum Gasteiger partial charge on any atom is 0.306 e. The van der Waals surface area contributed by atoms with Crippen LogP contribution >= 0.6 is 11.6 Å². The van der Waals surface area contributed by atoms with Crippen LogP contribution in [0, 0.1) is 11.8 Å². The zero-order chi connectivity index (χ0) is 19.4. The molecule has 2 unspecified atom stereocenters. The molecule has 7 heteroatoms. The molecule has 2 amide bonds. The monoisotopic (exact) mass is 392 g/mol. The number of benzene rings is 1. The van der Waals surface area contributed by atoms with E-state index in [1.807, 2.05) is 4.90 Å². The number of nitrogens with one attached hydrogen (secondary N) is 1. The van der Waals surface area contributed by atoms with Gasteiger partial charge in [-0.2, -0.15) is 0 Å². The van der Waals surface area contributed by atoms with Crippen LogP contribution in [0.25, 0.3) is 0 Å². The maximum absolute atomic E-state index is 12.6. The number of aliphatic carboxylic acids is 1. The van der Waals surface area contributed by atoms with Crippen molar-refractivity contribution in [1.82, 2.24) is 4.90 Å². The van der Waals surface area contributed by atoms with Crippen LogP contribution in [-0.4, -0.2) is 40.9 Å². The molecule has 1 saturated carbocycles. The van der Waals surface area contributed by atoms with Crippen molar-refractivity contribution >= 4 is 35.1 Å². The fourth-order valence-electron chi connectivity index (χ4n) is 3.93. The lowest BCUT2D eigenvalue weighted by atomic mass is 9.81. The smallest absolute Gasteiger partial charge is 0.306 e. The molecule has 2 aliphatic rings. The number of carboxylic acids is 1. The fourth-order valence-corrected chi connectivity index (χ4v) is 4.19. The normalized spacial score (nSPS) is 22.9. The fraction of sp³-hybridized carbons (Fsp3) is 0.550. The maximum atomic E-state index is 12.6. The van der Waals surface area contributed by atoms with Crippen molar-refractivity contribution in [2.75, 3.05) is 18.4 Å². The van der Waals surface area contributed by atoms with E-state index in [0.29, 0.717) is 35.5 Å². The van der Waals surface area contributed by atoms with E-state index >= 15 is 0 Å². The summed E-state index contributed by atoms with van der Waals surface area (Å²) in [6.07, 6.45) is 5.57. The molecule has 27 heavy (non-hydrogen) atoms. The van der Waals surface area contributed by atoms with Gasteiger partial charge in [0.1, 0.15) is 0 Å². The molecule has 1 aromatic rings. The van der Waals surface area contributed by atoms with Crippen molar-refractivity contribution in [3.63, 3.8) is 0 Å². The zero-order valence-corrected chi connectivity index (χ0v) is 16.0. The number of rotatable bonds is 4. The van der Waals surface area contributed by atoms with E-state index < -0.39 is 11.9 Å². The number of amides is 2. The summed E-state index contributed by atoms with van der Waals surface area (Å²) in [5.41, 5.74) is 0.970. The van der Waals surface area contributed by atoms with E-state index in [-0.39, 0.29) is 17.7 Å². The third-order valence-corrected chi connectivity index (χ3v) is 5.82. The van der Waals surface area contributed by atoms with Crippen molar-refractivity contribution in [3.05, 3.63) is 28.8 Å². The van der Waals surface area contributed by atoms with Crippen LogP contribution in [0.5, 0.6) is 0 Å². The highest BCUT2D eigenvalue weighted by molar-refractivity contribution is 6.34. The van der Waals surface area contributed by atoms with E-state index in [1.165, 1.54) is 0 Å². The lowest BCUT2D eigenvalue weighted by molar-refractivity contribution is -0.143.